The normalized spacial score (nSPS) is 11.9. The van der Waals surface area contributed by atoms with E-state index < -0.39 is 12.0 Å². The highest BCUT2D eigenvalue weighted by Gasteiger charge is 2.21. The zero-order chi connectivity index (χ0) is 13.0. The van der Waals surface area contributed by atoms with E-state index in [-0.39, 0.29) is 5.92 Å². The Balaban J connectivity index is 2.95. The third-order valence-electron chi connectivity index (χ3n) is 2.44. The minimum Gasteiger partial charge on any atom is -0.480 e. The van der Waals surface area contributed by atoms with Gasteiger partial charge in [-0.05, 0) is 24.5 Å². The second kappa shape index (κ2) is 5.30. The monoisotopic (exact) mass is 233 g/mol. The molecule has 5 nitrogen and oxygen atoms in total. The zero-order valence-electron chi connectivity index (χ0n) is 10.1. The maximum Gasteiger partial charge on any atom is 0.326 e. The number of nitrogens with zero attached hydrogens (tertiary/aromatic N) is 2. The van der Waals surface area contributed by atoms with Crippen molar-refractivity contribution in [2.45, 2.75) is 26.8 Å². The minimum absolute atomic E-state index is 0.0684. The third-order valence-corrected chi connectivity index (χ3v) is 2.44. The molecule has 0 bridgehead atoms. The molecule has 1 rings (SSSR count). The molecule has 0 saturated heterocycles. The van der Waals surface area contributed by atoms with Crippen LogP contribution < -0.4 is 5.32 Å². The Bertz CT molecular complexity index is 463. The number of rotatable bonds is 4. The molecule has 5 heteroatoms. The van der Waals surface area contributed by atoms with Gasteiger partial charge in [0.25, 0.3) is 0 Å². The predicted molar refractivity (Wildman–Crippen MR) is 63.6 cm³/mol. The van der Waals surface area contributed by atoms with Gasteiger partial charge >= 0.3 is 5.97 Å². The second-order valence-electron chi connectivity index (χ2n) is 4.18. The smallest absolute Gasteiger partial charge is 0.326 e. The summed E-state index contributed by atoms with van der Waals surface area (Å²) in [6.07, 6.45) is 0. The molecule has 0 spiro atoms. The molecule has 0 fully saturated rings. The van der Waals surface area contributed by atoms with Crippen molar-refractivity contribution in [2.75, 3.05) is 5.32 Å². The Labute approximate surface area is 100 Å². The van der Waals surface area contributed by atoms with Crippen LogP contribution in [0.5, 0.6) is 0 Å². The van der Waals surface area contributed by atoms with Crippen LogP contribution in [0.1, 0.15) is 25.1 Å². The Hall–Kier alpha value is -2.09. The van der Waals surface area contributed by atoms with Gasteiger partial charge in [0.05, 0.1) is 0 Å². The first kappa shape index (κ1) is 13.0. The topological polar surface area (TPSA) is 86.0 Å². The fraction of sp³-hybridized carbons (Fsp3) is 0.417. The van der Waals surface area contributed by atoms with Crippen LogP contribution in [0.15, 0.2) is 12.1 Å². The van der Waals surface area contributed by atoms with Crippen LogP contribution >= 0.6 is 0 Å². The molecule has 0 unspecified atom stereocenters. The van der Waals surface area contributed by atoms with Gasteiger partial charge in [0, 0.05) is 0 Å². The first-order valence-corrected chi connectivity index (χ1v) is 5.32. The van der Waals surface area contributed by atoms with Gasteiger partial charge in [-0.3, -0.25) is 0 Å². The fourth-order valence-electron chi connectivity index (χ4n) is 1.40. The van der Waals surface area contributed by atoms with Gasteiger partial charge in [-0.2, -0.15) is 5.26 Å². The van der Waals surface area contributed by atoms with Crippen molar-refractivity contribution in [3.8, 4) is 6.07 Å². The molecule has 0 aromatic carbocycles. The molecule has 1 aromatic heterocycles. The number of anilines is 1. The van der Waals surface area contributed by atoms with E-state index in [9.17, 15) is 4.79 Å². The predicted octanol–water partition coefficient (Wildman–Crippen LogP) is 1.78. The Morgan fingerprint density at radius 2 is 2.18 bits per heavy atom. The number of aliphatic carboxylic acids is 1. The van der Waals surface area contributed by atoms with Crippen LogP contribution in [0.25, 0.3) is 0 Å². The summed E-state index contributed by atoms with van der Waals surface area (Å²) in [4.78, 5) is 15.1. The number of nitriles is 1. The quantitative estimate of drug-likeness (QED) is 0.827. The van der Waals surface area contributed by atoms with Gasteiger partial charge in [-0.25, -0.2) is 9.78 Å². The standard InChI is InChI=1S/C12H15N3O2/c1-7(2)11(12(16)17)15-10-5-4-8(3)9(6-13)14-10/h4-5,7,11H,1-3H3,(H,14,15)(H,16,17)/t11-/m1/s1. The van der Waals surface area contributed by atoms with Crippen LogP contribution in [0, 0.1) is 24.2 Å². The van der Waals surface area contributed by atoms with E-state index in [1.165, 1.54) is 0 Å². The van der Waals surface area contributed by atoms with Crippen molar-refractivity contribution in [1.82, 2.24) is 4.98 Å². The van der Waals surface area contributed by atoms with Crippen molar-refractivity contribution in [3.63, 3.8) is 0 Å². The number of aromatic nitrogens is 1. The van der Waals surface area contributed by atoms with Gasteiger partial charge in [0.1, 0.15) is 23.6 Å². The van der Waals surface area contributed by atoms with E-state index in [0.717, 1.165) is 5.56 Å². The van der Waals surface area contributed by atoms with Crippen molar-refractivity contribution in [2.24, 2.45) is 5.92 Å². The van der Waals surface area contributed by atoms with Crippen LogP contribution in [0.2, 0.25) is 0 Å². The largest absolute Gasteiger partial charge is 0.480 e. The summed E-state index contributed by atoms with van der Waals surface area (Å²) in [7, 11) is 0. The first-order valence-electron chi connectivity index (χ1n) is 5.32. The molecule has 1 aromatic rings. The summed E-state index contributed by atoms with van der Waals surface area (Å²) >= 11 is 0. The van der Waals surface area contributed by atoms with E-state index in [0.29, 0.717) is 11.5 Å². The average molecular weight is 233 g/mol. The van der Waals surface area contributed by atoms with Crippen molar-refractivity contribution in [3.05, 3.63) is 23.4 Å². The highest BCUT2D eigenvalue weighted by Crippen LogP contribution is 2.13. The lowest BCUT2D eigenvalue weighted by Gasteiger charge is -2.18. The van der Waals surface area contributed by atoms with E-state index in [4.69, 9.17) is 10.4 Å². The lowest BCUT2D eigenvalue weighted by Crippen LogP contribution is -2.34. The first-order chi connectivity index (χ1) is 7.95. The van der Waals surface area contributed by atoms with Gasteiger partial charge in [0.2, 0.25) is 0 Å². The molecule has 2 N–H and O–H groups in total. The lowest BCUT2D eigenvalue weighted by atomic mass is 10.0. The average Bonchev–Trinajstić information content (AvgIpc) is 2.26. The summed E-state index contributed by atoms with van der Waals surface area (Å²) in [5.74, 6) is -0.588. The van der Waals surface area contributed by atoms with Crippen LogP contribution in [0.3, 0.4) is 0 Å². The number of carboxylic acid groups (broad SMARTS) is 1. The highest BCUT2D eigenvalue weighted by atomic mass is 16.4. The molecular weight excluding hydrogens is 218 g/mol. The van der Waals surface area contributed by atoms with Gasteiger partial charge in [-0.15, -0.1) is 0 Å². The summed E-state index contributed by atoms with van der Waals surface area (Å²) in [6.45, 7) is 5.41. The van der Waals surface area contributed by atoms with E-state index in [2.05, 4.69) is 10.3 Å². The third kappa shape index (κ3) is 3.18. The molecule has 0 amide bonds. The molecular formula is C12H15N3O2. The number of pyridine rings is 1. The summed E-state index contributed by atoms with van der Waals surface area (Å²) in [6, 6.07) is 4.68. The molecule has 17 heavy (non-hydrogen) atoms. The van der Waals surface area contributed by atoms with Crippen LogP contribution in [-0.4, -0.2) is 22.1 Å². The highest BCUT2D eigenvalue weighted by molar-refractivity contribution is 5.77. The molecule has 0 aliphatic carbocycles. The maximum absolute atomic E-state index is 11.0. The number of hydrogen-bond donors (Lipinski definition) is 2. The van der Waals surface area contributed by atoms with Gasteiger partial charge in [-0.1, -0.05) is 19.9 Å². The van der Waals surface area contributed by atoms with E-state index in [1.54, 1.807) is 19.1 Å². The minimum atomic E-state index is -0.930. The Morgan fingerprint density at radius 1 is 1.53 bits per heavy atom. The maximum atomic E-state index is 11.0. The summed E-state index contributed by atoms with van der Waals surface area (Å²) in [5.41, 5.74) is 1.08. The van der Waals surface area contributed by atoms with Crippen molar-refractivity contribution in [1.29, 1.82) is 5.26 Å². The second-order valence-corrected chi connectivity index (χ2v) is 4.18. The van der Waals surface area contributed by atoms with Crippen LogP contribution in [0.4, 0.5) is 5.82 Å². The lowest BCUT2D eigenvalue weighted by molar-refractivity contribution is -0.138. The van der Waals surface area contributed by atoms with Crippen molar-refractivity contribution >= 4 is 11.8 Å². The summed E-state index contributed by atoms with van der Waals surface area (Å²) < 4.78 is 0. The Morgan fingerprint density at radius 3 is 2.65 bits per heavy atom. The molecule has 0 aliphatic rings. The molecule has 0 aliphatic heterocycles. The van der Waals surface area contributed by atoms with E-state index >= 15 is 0 Å². The SMILES string of the molecule is Cc1ccc(N[C@@H](C(=O)O)C(C)C)nc1C#N. The molecule has 0 radical (unpaired) electrons. The number of aryl methyl sites for hydroxylation is 1. The fourth-order valence-corrected chi connectivity index (χ4v) is 1.40. The summed E-state index contributed by atoms with van der Waals surface area (Å²) in [5, 5.41) is 20.7. The number of hydrogen-bond acceptors (Lipinski definition) is 4. The molecule has 1 atom stereocenters. The Kier molecular flexibility index (Phi) is 4.05. The number of carboxylic acids is 1. The number of nitrogens with one attached hydrogen (secondary N) is 1. The zero-order valence-corrected chi connectivity index (χ0v) is 10.1. The number of carbonyl (C=O) groups is 1. The van der Waals surface area contributed by atoms with E-state index in [1.807, 2.05) is 19.9 Å². The van der Waals surface area contributed by atoms with Crippen molar-refractivity contribution < 1.29 is 9.90 Å². The molecule has 1 heterocycles. The van der Waals surface area contributed by atoms with Crippen LogP contribution in [-0.2, 0) is 4.79 Å². The van der Waals surface area contributed by atoms with Gasteiger partial charge < -0.3 is 10.4 Å². The molecule has 90 valence electrons. The molecule has 0 saturated carbocycles. The van der Waals surface area contributed by atoms with Gasteiger partial charge in [0.15, 0.2) is 0 Å².